The van der Waals surface area contributed by atoms with Gasteiger partial charge in [-0.05, 0) is 24.3 Å². The third-order valence-corrected chi connectivity index (χ3v) is 4.83. The molecule has 0 aliphatic carbocycles. The highest BCUT2D eigenvalue weighted by Crippen LogP contribution is 2.44. The van der Waals surface area contributed by atoms with Gasteiger partial charge in [0.15, 0.2) is 5.78 Å². The van der Waals surface area contributed by atoms with Crippen molar-refractivity contribution in [1.82, 2.24) is 0 Å². The smallest absolute Gasteiger partial charge is 0.263 e. The average molecular weight is 351 g/mol. The molecule has 6 heteroatoms. The van der Waals surface area contributed by atoms with Gasteiger partial charge in [-0.25, -0.2) is 4.39 Å². The van der Waals surface area contributed by atoms with E-state index in [4.69, 9.17) is 0 Å². The second-order valence-corrected chi connectivity index (χ2v) is 6.56. The summed E-state index contributed by atoms with van der Waals surface area (Å²) < 4.78 is 13.9. The Hall–Kier alpha value is -3.15. The molecule has 4 rings (SSSR count). The summed E-state index contributed by atoms with van der Waals surface area (Å²) in [5, 5.41) is 2.54. The lowest BCUT2D eigenvalue weighted by atomic mass is 9.93. The molecule has 2 heterocycles. The van der Waals surface area contributed by atoms with Crippen LogP contribution in [0.15, 0.2) is 59.9 Å². The highest BCUT2D eigenvalue weighted by atomic mass is 19.1. The van der Waals surface area contributed by atoms with E-state index in [2.05, 4.69) is 5.32 Å². The molecule has 0 saturated carbocycles. The van der Waals surface area contributed by atoms with Gasteiger partial charge in [-0.15, -0.1) is 0 Å². The van der Waals surface area contributed by atoms with Crippen LogP contribution in [0.4, 0.5) is 21.5 Å². The van der Waals surface area contributed by atoms with Gasteiger partial charge in [-0.2, -0.15) is 0 Å². The summed E-state index contributed by atoms with van der Waals surface area (Å²) in [5.41, 5.74) is 2.01. The topological polar surface area (TPSA) is 52.7 Å². The van der Waals surface area contributed by atoms with Crippen molar-refractivity contribution in [2.45, 2.75) is 6.92 Å². The minimum absolute atomic E-state index is 0.0568. The van der Waals surface area contributed by atoms with Crippen molar-refractivity contribution in [3.8, 4) is 0 Å². The number of amides is 1. The summed E-state index contributed by atoms with van der Waals surface area (Å²) in [6.45, 7) is 2.31. The van der Waals surface area contributed by atoms with Crippen molar-refractivity contribution < 1.29 is 14.0 Å². The SMILES string of the molecule is CC1CN2C(=C(C(=O)Nc3ccccc3F)C1=O)N(C)c1ccccc12. The summed E-state index contributed by atoms with van der Waals surface area (Å²) in [6.07, 6.45) is 0. The molecular weight excluding hydrogens is 333 g/mol. The lowest BCUT2D eigenvalue weighted by Crippen LogP contribution is -2.43. The lowest BCUT2D eigenvalue weighted by molar-refractivity contribution is -0.122. The highest BCUT2D eigenvalue weighted by Gasteiger charge is 2.42. The average Bonchev–Trinajstić information content (AvgIpc) is 2.90. The van der Waals surface area contributed by atoms with E-state index < -0.39 is 11.7 Å². The molecule has 2 aliphatic rings. The number of para-hydroxylation sites is 3. The Kier molecular flexibility index (Phi) is 3.76. The standard InChI is InChI=1S/C20H18FN3O2/c1-12-11-24-16-10-6-5-9-15(16)23(2)20(24)17(18(12)25)19(26)22-14-8-4-3-7-13(14)21/h3-10,12H,11H2,1-2H3,(H,22,26). The molecule has 5 nitrogen and oxygen atoms in total. The Morgan fingerprint density at radius 2 is 1.77 bits per heavy atom. The van der Waals surface area contributed by atoms with Gasteiger partial charge >= 0.3 is 0 Å². The van der Waals surface area contributed by atoms with Crippen LogP contribution in [0.1, 0.15) is 6.92 Å². The minimum Gasteiger partial charge on any atom is -0.328 e. The molecular formula is C20H18FN3O2. The van der Waals surface area contributed by atoms with E-state index in [1.165, 1.54) is 12.1 Å². The van der Waals surface area contributed by atoms with Crippen LogP contribution in [-0.2, 0) is 9.59 Å². The van der Waals surface area contributed by atoms with E-state index in [-0.39, 0.29) is 23.0 Å². The molecule has 0 saturated heterocycles. The Labute approximate surface area is 150 Å². The number of Topliss-reactive ketones (excluding diaryl/α,β-unsaturated/α-hetero) is 1. The fourth-order valence-corrected chi connectivity index (χ4v) is 3.55. The molecule has 0 spiro atoms. The zero-order valence-electron chi connectivity index (χ0n) is 14.5. The van der Waals surface area contributed by atoms with Crippen LogP contribution in [0.5, 0.6) is 0 Å². The Balaban J connectivity index is 1.80. The maximum absolute atomic E-state index is 13.9. The third kappa shape index (κ3) is 2.37. The monoisotopic (exact) mass is 351 g/mol. The van der Waals surface area contributed by atoms with Gasteiger partial charge < -0.3 is 15.1 Å². The Bertz CT molecular complexity index is 954. The van der Waals surface area contributed by atoms with E-state index in [0.29, 0.717) is 12.4 Å². The quantitative estimate of drug-likeness (QED) is 0.845. The third-order valence-electron chi connectivity index (χ3n) is 4.83. The fraction of sp³-hybridized carbons (Fsp3) is 0.200. The van der Waals surface area contributed by atoms with E-state index in [9.17, 15) is 14.0 Å². The number of halogens is 1. The van der Waals surface area contributed by atoms with Crippen molar-refractivity contribution in [2.24, 2.45) is 5.92 Å². The van der Waals surface area contributed by atoms with Gasteiger partial charge in [0, 0.05) is 19.5 Å². The number of rotatable bonds is 2. The lowest BCUT2D eigenvalue weighted by Gasteiger charge is -2.32. The Morgan fingerprint density at radius 3 is 2.50 bits per heavy atom. The molecule has 0 fully saturated rings. The molecule has 0 radical (unpaired) electrons. The first-order valence-corrected chi connectivity index (χ1v) is 8.43. The number of carbonyl (C=O) groups excluding carboxylic acids is 2. The summed E-state index contributed by atoms with van der Waals surface area (Å²) >= 11 is 0. The largest absolute Gasteiger partial charge is 0.328 e. The van der Waals surface area contributed by atoms with E-state index >= 15 is 0 Å². The van der Waals surface area contributed by atoms with Crippen molar-refractivity contribution in [3.63, 3.8) is 0 Å². The number of anilines is 3. The molecule has 2 aromatic carbocycles. The molecule has 0 bridgehead atoms. The number of ketones is 1. The van der Waals surface area contributed by atoms with Crippen LogP contribution in [0.2, 0.25) is 0 Å². The summed E-state index contributed by atoms with van der Waals surface area (Å²) in [7, 11) is 1.83. The number of benzene rings is 2. The van der Waals surface area contributed by atoms with Crippen LogP contribution < -0.4 is 15.1 Å². The van der Waals surface area contributed by atoms with E-state index in [1.807, 2.05) is 41.1 Å². The van der Waals surface area contributed by atoms with Gasteiger partial charge in [-0.1, -0.05) is 31.2 Å². The minimum atomic E-state index is -0.591. The molecule has 132 valence electrons. The van der Waals surface area contributed by atoms with E-state index in [0.717, 1.165) is 11.4 Å². The molecule has 26 heavy (non-hydrogen) atoms. The number of nitrogens with zero attached hydrogens (tertiary/aromatic N) is 2. The molecule has 1 N–H and O–H groups in total. The first kappa shape index (κ1) is 16.3. The number of fused-ring (bicyclic) bond motifs is 3. The van der Waals surface area contributed by atoms with E-state index in [1.54, 1.807) is 19.1 Å². The zero-order valence-corrected chi connectivity index (χ0v) is 14.5. The van der Waals surface area contributed by atoms with Gasteiger partial charge in [0.2, 0.25) is 0 Å². The first-order chi connectivity index (χ1) is 12.5. The van der Waals surface area contributed by atoms with Crippen LogP contribution in [0, 0.1) is 11.7 Å². The van der Waals surface area contributed by atoms with Crippen molar-refractivity contribution in [2.75, 3.05) is 28.7 Å². The fourth-order valence-electron chi connectivity index (χ4n) is 3.55. The first-order valence-electron chi connectivity index (χ1n) is 8.43. The van der Waals surface area contributed by atoms with Gasteiger partial charge in [-0.3, -0.25) is 9.59 Å². The summed E-state index contributed by atoms with van der Waals surface area (Å²) in [5.74, 6) is -1.15. The van der Waals surface area contributed by atoms with Crippen LogP contribution in [0.25, 0.3) is 0 Å². The van der Waals surface area contributed by atoms with Crippen molar-refractivity contribution >= 4 is 28.8 Å². The number of nitrogens with one attached hydrogen (secondary N) is 1. The predicted molar refractivity (Wildman–Crippen MR) is 98.4 cm³/mol. The van der Waals surface area contributed by atoms with Crippen LogP contribution >= 0.6 is 0 Å². The van der Waals surface area contributed by atoms with Crippen LogP contribution in [-0.4, -0.2) is 25.3 Å². The number of hydrogen-bond acceptors (Lipinski definition) is 4. The normalized spacial score (nSPS) is 18.7. The van der Waals surface area contributed by atoms with Gasteiger partial charge in [0.05, 0.1) is 17.1 Å². The molecule has 1 amide bonds. The maximum atomic E-state index is 13.9. The molecule has 2 aliphatic heterocycles. The predicted octanol–water partition coefficient (Wildman–Crippen LogP) is 3.15. The van der Waals surface area contributed by atoms with Gasteiger partial charge in [0.25, 0.3) is 5.91 Å². The summed E-state index contributed by atoms with van der Waals surface area (Å²) in [6, 6.07) is 13.7. The number of hydrogen-bond donors (Lipinski definition) is 1. The van der Waals surface area contributed by atoms with Crippen LogP contribution in [0.3, 0.4) is 0 Å². The molecule has 1 unspecified atom stereocenters. The highest BCUT2D eigenvalue weighted by molar-refractivity contribution is 6.26. The van der Waals surface area contributed by atoms with Gasteiger partial charge in [0.1, 0.15) is 17.2 Å². The van der Waals surface area contributed by atoms with Crippen molar-refractivity contribution in [3.05, 3.63) is 65.7 Å². The zero-order chi connectivity index (χ0) is 18.4. The molecule has 1 atom stereocenters. The number of carbonyl (C=O) groups is 2. The maximum Gasteiger partial charge on any atom is 0.263 e. The second kappa shape index (κ2) is 5.98. The van der Waals surface area contributed by atoms with Crippen molar-refractivity contribution in [1.29, 1.82) is 0 Å². The Morgan fingerprint density at radius 1 is 1.12 bits per heavy atom. The second-order valence-electron chi connectivity index (χ2n) is 6.56. The molecule has 0 aromatic heterocycles. The summed E-state index contributed by atoms with van der Waals surface area (Å²) in [4.78, 5) is 29.5. The molecule has 2 aromatic rings.